The molecule has 0 amide bonds. The number of aryl methyl sites for hydroxylation is 2. The Morgan fingerprint density at radius 1 is 1.43 bits per heavy atom. The Labute approximate surface area is 121 Å². The number of nitrogens with zero attached hydrogens (tertiary/aromatic N) is 2. The molecule has 0 radical (unpaired) electrons. The molecule has 7 heteroatoms. The van der Waals surface area contributed by atoms with Crippen molar-refractivity contribution < 1.29 is 29.7 Å². The van der Waals surface area contributed by atoms with Crippen molar-refractivity contribution in [3.63, 3.8) is 0 Å². The molecule has 0 unspecified atom stereocenters. The highest BCUT2D eigenvalue weighted by atomic mass is 16.6. The SMILES string of the molecule is Cn1cc2c3c([n+](C)ccc31)[C@@H](O)O[C@H]([C@@H](O)CO)[C@H]2O. The van der Waals surface area contributed by atoms with Crippen LogP contribution >= 0.6 is 0 Å². The summed E-state index contributed by atoms with van der Waals surface area (Å²) >= 11 is 0. The summed E-state index contributed by atoms with van der Waals surface area (Å²) in [5, 5.41) is 40.5. The van der Waals surface area contributed by atoms with E-state index in [0.717, 1.165) is 5.52 Å². The Morgan fingerprint density at radius 3 is 2.81 bits per heavy atom. The minimum atomic E-state index is -1.30. The molecule has 0 bridgehead atoms. The van der Waals surface area contributed by atoms with E-state index in [0.29, 0.717) is 16.6 Å². The molecule has 2 aromatic rings. The van der Waals surface area contributed by atoms with Gasteiger partial charge in [-0.2, -0.15) is 0 Å². The van der Waals surface area contributed by atoms with Gasteiger partial charge >= 0.3 is 0 Å². The number of aromatic nitrogens is 2. The minimum absolute atomic E-state index is 0.509. The topological polar surface area (TPSA) is 99.0 Å². The van der Waals surface area contributed by atoms with Gasteiger partial charge in [-0.25, -0.2) is 4.57 Å². The number of hydrogen-bond acceptors (Lipinski definition) is 5. The van der Waals surface area contributed by atoms with Crippen molar-refractivity contribution >= 4 is 10.9 Å². The Bertz CT molecular complexity index is 684. The molecule has 21 heavy (non-hydrogen) atoms. The average molecular weight is 295 g/mol. The van der Waals surface area contributed by atoms with Crippen LogP contribution in [0, 0.1) is 0 Å². The van der Waals surface area contributed by atoms with Gasteiger partial charge in [0.2, 0.25) is 12.0 Å². The summed E-state index contributed by atoms with van der Waals surface area (Å²) in [6, 6.07) is 1.88. The molecule has 4 atom stereocenters. The van der Waals surface area contributed by atoms with Gasteiger partial charge in [0.15, 0.2) is 6.20 Å². The molecular weight excluding hydrogens is 276 g/mol. The number of pyridine rings is 1. The molecule has 7 nitrogen and oxygen atoms in total. The van der Waals surface area contributed by atoms with Crippen LogP contribution in [0.3, 0.4) is 0 Å². The van der Waals surface area contributed by atoms with E-state index in [-0.39, 0.29) is 0 Å². The standard InChI is InChI=1S/C14H19N2O5/c1-15-4-3-8-10-7(5-16(8)2)12(19)13(9(18)6-17)21-14(20)11(10)15/h3-5,9,12-14,17-20H,6H2,1-2H3/q+1/t9-,12-,13+,14-/m0/s1. The van der Waals surface area contributed by atoms with Gasteiger partial charge in [0.25, 0.3) is 0 Å². The van der Waals surface area contributed by atoms with Gasteiger partial charge in [-0.1, -0.05) is 0 Å². The van der Waals surface area contributed by atoms with Crippen LogP contribution in [0.25, 0.3) is 10.9 Å². The van der Waals surface area contributed by atoms with Crippen LogP contribution in [0.2, 0.25) is 0 Å². The molecule has 0 spiro atoms. The molecule has 0 fully saturated rings. The molecule has 0 saturated carbocycles. The number of rotatable bonds is 2. The van der Waals surface area contributed by atoms with Crippen LogP contribution in [-0.4, -0.2) is 43.8 Å². The number of ether oxygens (including phenoxy) is 1. The Hall–Kier alpha value is -1.51. The fraction of sp³-hybridized carbons (Fsp3) is 0.500. The summed E-state index contributed by atoms with van der Waals surface area (Å²) in [5.74, 6) is 0. The first-order chi connectivity index (χ1) is 9.95. The highest BCUT2D eigenvalue weighted by Crippen LogP contribution is 2.38. The van der Waals surface area contributed by atoms with E-state index in [2.05, 4.69) is 0 Å². The van der Waals surface area contributed by atoms with Gasteiger partial charge in [-0.05, 0) is 0 Å². The maximum absolute atomic E-state index is 10.5. The van der Waals surface area contributed by atoms with Crippen LogP contribution in [0.15, 0.2) is 18.5 Å². The molecule has 4 N–H and O–H groups in total. The van der Waals surface area contributed by atoms with Crippen molar-refractivity contribution in [1.29, 1.82) is 0 Å². The van der Waals surface area contributed by atoms with Gasteiger partial charge in [0.05, 0.1) is 17.5 Å². The van der Waals surface area contributed by atoms with Crippen LogP contribution in [-0.2, 0) is 18.8 Å². The molecule has 3 rings (SSSR count). The van der Waals surface area contributed by atoms with Crippen molar-refractivity contribution in [2.45, 2.75) is 24.6 Å². The molecule has 0 aromatic carbocycles. The van der Waals surface area contributed by atoms with Gasteiger partial charge in [-0.3, -0.25) is 0 Å². The summed E-state index contributed by atoms with van der Waals surface area (Å²) in [6.07, 6.45) is -1.30. The lowest BCUT2D eigenvalue weighted by molar-refractivity contribution is -0.685. The lowest BCUT2D eigenvalue weighted by Gasteiger charge is -2.25. The first-order valence-electron chi connectivity index (χ1n) is 6.73. The maximum Gasteiger partial charge on any atom is 0.247 e. The smallest absolute Gasteiger partial charge is 0.247 e. The lowest BCUT2D eigenvalue weighted by atomic mass is 10.0. The minimum Gasteiger partial charge on any atom is -0.394 e. The van der Waals surface area contributed by atoms with Crippen molar-refractivity contribution in [2.24, 2.45) is 14.1 Å². The van der Waals surface area contributed by atoms with E-state index in [9.17, 15) is 15.3 Å². The summed E-state index contributed by atoms with van der Waals surface area (Å²) in [6.45, 7) is -0.563. The molecule has 1 aliphatic rings. The van der Waals surface area contributed by atoms with E-state index >= 15 is 0 Å². The van der Waals surface area contributed by atoms with Crippen LogP contribution < -0.4 is 4.57 Å². The lowest BCUT2D eigenvalue weighted by Crippen LogP contribution is -2.39. The summed E-state index contributed by atoms with van der Waals surface area (Å²) in [7, 11) is 3.61. The molecule has 114 valence electrons. The normalized spacial score (nSPS) is 26.9. The number of hydrogen-bond donors (Lipinski definition) is 4. The average Bonchev–Trinajstić information content (AvgIpc) is 2.74. The van der Waals surface area contributed by atoms with Gasteiger partial charge in [0.1, 0.15) is 25.4 Å². The van der Waals surface area contributed by atoms with Crippen LogP contribution in [0.5, 0.6) is 0 Å². The van der Waals surface area contributed by atoms with E-state index < -0.39 is 31.2 Å². The highest BCUT2D eigenvalue weighted by molar-refractivity contribution is 5.86. The monoisotopic (exact) mass is 295 g/mol. The van der Waals surface area contributed by atoms with Gasteiger partial charge in [0, 0.05) is 24.9 Å². The second kappa shape index (κ2) is 5.04. The molecule has 1 aliphatic heterocycles. The van der Waals surface area contributed by atoms with E-state index in [4.69, 9.17) is 9.84 Å². The quantitative estimate of drug-likeness (QED) is 0.521. The van der Waals surface area contributed by atoms with Gasteiger partial charge < -0.3 is 29.7 Å². The fourth-order valence-corrected chi connectivity index (χ4v) is 2.98. The van der Waals surface area contributed by atoms with Crippen molar-refractivity contribution in [3.05, 3.63) is 29.7 Å². The Balaban J connectivity index is 2.27. The molecule has 3 heterocycles. The fourth-order valence-electron chi connectivity index (χ4n) is 2.98. The highest BCUT2D eigenvalue weighted by Gasteiger charge is 2.40. The zero-order valence-electron chi connectivity index (χ0n) is 11.8. The first-order valence-corrected chi connectivity index (χ1v) is 6.73. The second-order valence-corrected chi connectivity index (χ2v) is 5.42. The van der Waals surface area contributed by atoms with Crippen LogP contribution in [0.4, 0.5) is 0 Å². The zero-order valence-corrected chi connectivity index (χ0v) is 11.8. The molecular formula is C14H19N2O5+. The van der Waals surface area contributed by atoms with E-state index in [1.54, 1.807) is 24.0 Å². The predicted octanol–water partition coefficient (Wildman–Crippen LogP) is -1.22. The summed E-state index contributed by atoms with van der Waals surface area (Å²) in [4.78, 5) is 0. The van der Waals surface area contributed by atoms with E-state index in [1.165, 1.54) is 0 Å². The second-order valence-electron chi connectivity index (χ2n) is 5.42. The van der Waals surface area contributed by atoms with Crippen molar-refractivity contribution in [3.8, 4) is 0 Å². The third-order valence-electron chi connectivity index (χ3n) is 4.07. The summed E-state index contributed by atoms with van der Waals surface area (Å²) in [5.41, 5.74) is 1.92. The maximum atomic E-state index is 10.5. The molecule has 0 saturated heterocycles. The summed E-state index contributed by atoms with van der Waals surface area (Å²) < 4.78 is 8.96. The third-order valence-corrected chi connectivity index (χ3v) is 4.07. The Morgan fingerprint density at radius 2 is 2.14 bits per heavy atom. The largest absolute Gasteiger partial charge is 0.394 e. The predicted molar refractivity (Wildman–Crippen MR) is 72.0 cm³/mol. The molecule has 2 aromatic heterocycles. The van der Waals surface area contributed by atoms with Gasteiger partial charge in [-0.15, -0.1) is 0 Å². The van der Waals surface area contributed by atoms with Crippen molar-refractivity contribution in [1.82, 2.24) is 4.57 Å². The third kappa shape index (κ3) is 2.05. The zero-order chi connectivity index (χ0) is 15.3. The number of aliphatic hydroxyl groups is 4. The van der Waals surface area contributed by atoms with E-state index in [1.807, 2.05) is 17.7 Å². The number of aliphatic hydroxyl groups excluding tert-OH is 4. The van der Waals surface area contributed by atoms with Crippen molar-refractivity contribution in [2.75, 3.05) is 6.61 Å². The Kier molecular flexibility index (Phi) is 3.46. The first kappa shape index (κ1) is 14.4. The van der Waals surface area contributed by atoms with Crippen LogP contribution in [0.1, 0.15) is 23.7 Å². The molecule has 0 aliphatic carbocycles.